The Morgan fingerprint density at radius 2 is 1.59 bits per heavy atom. The molecule has 0 spiro atoms. The average Bonchev–Trinajstić information content (AvgIpc) is 2.13. The molecule has 1 heterocycles. The molecular formula is C14H15ClN2. The highest BCUT2D eigenvalue weighted by Crippen LogP contribution is 2.14. The van der Waals surface area contributed by atoms with Gasteiger partial charge in [0.25, 0.3) is 0 Å². The van der Waals surface area contributed by atoms with Crippen molar-refractivity contribution in [2.75, 3.05) is 0 Å². The van der Waals surface area contributed by atoms with Gasteiger partial charge in [0.1, 0.15) is 11.0 Å². The van der Waals surface area contributed by atoms with Crippen molar-refractivity contribution in [1.29, 1.82) is 0 Å². The zero-order valence-electron chi connectivity index (χ0n) is 10.3. The fourth-order valence-electron chi connectivity index (χ4n) is 2.02. The van der Waals surface area contributed by atoms with Crippen LogP contribution in [0.5, 0.6) is 0 Å². The van der Waals surface area contributed by atoms with Crippen LogP contribution < -0.4 is 0 Å². The van der Waals surface area contributed by atoms with Crippen molar-refractivity contribution in [2.45, 2.75) is 27.2 Å². The van der Waals surface area contributed by atoms with Crippen LogP contribution in [0.4, 0.5) is 0 Å². The summed E-state index contributed by atoms with van der Waals surface area (Å²) in [4.78, 5) is 8.64. The van der Waals surface area contributed by atoms with Crippen molar-refractivity contribution in [2.24, 2.45) is 0 Å². The summed E-state index contributed by atoms with van der Waals surface area (Å²) < 4.78 is 0. The van der Waals surface area contributed by atoms with Crippen molar-refractivity contribution >= 4 is 11.6 Å². The normalized spacial score (nSPS) is 10.6. The van der Waals surface area contributed by atoms with Gasteiger partial charge in [-0.15, -0.1) is 0 Å². The first-order chi connectivity index (χ1) is 8.02. The maximum absolute atomic E-state index is 5.93. The Bertz CT molecular complexity index is 460. The molecule has 0 aliphatic rings. The van der Waals surface area contributed by atoms with Crippen molar-refractivity contribution < 1.29 is 0 Å². The minimum Gasteiger partial charge on any atom is -0.238 e. The van der Waals surface area contributed by atoms with Crippen LogP contribution in [0.3, 0.4) is 0 Å². The van der Waals surface area contributed by atoms with Crippen molar-refractivity contribution in [3.8, 4) is 0 Å². The van der Waals surface area contributed by atoms with Crippen LogP contribution in [0, 0.1) is 20.8 Å². The lowest BCUT2D eigenvalue weighted by atomic mass is 10.0. The molecule has 0 aliphatic carbocycles. The van der Waals surface area contributed by atoms with Gasteiger partial charge in [0.15, 0.2) is 0 Å². The molecule has 1 aromatic carbocycles. The SMILES string of the molecule is Cc1cc(C)cc(Cc2nc(C)cc(Cl)n2)c1. The summed E-state index contributed by atoms with van der Waals surface area (Å²) in [5.41, 5.74) is 4.66. The number of nitrogens with zero attached hydrogens (tertiary/aromatic N) is 2. The second kappa shape index (κ2) is 4.84. The van der Waals surface area contributed by atoms with Crippen LogP contribution in [-0.4, -0.2) is 9.97 Å². The van der Waals surface area contributed by atoms with Gasteiger partial charge < -0.3 is 0 Å². The van der Waals surface area contributed by atoms with E-state index < -0.39 is 0 Å². The Balaban J connectivity index is 2.31. The van der Waals surface area contributed by atoms with Gasteiger partial charge in [0.05, 0.1) is 0 Å². The topological polar surface area (TPSA) is 25.8 Å². The van der Waals surface area contributed by atoms with Gasteiger partial charge in [0, 0.05) is 12.1 Å². The highest BCUT2D eigenvalue weighted by atomic mass is 35.5. The molecule has 2 rings (SSSR count). The lowest BCUT2D eigenvalue weighted by Crippen LogP contribution is -1.99. The first-order valence-electron chi connectivity index (χ1n) is 5.60. The molecule has 0 fully saturated rings. The molecule has 1 aromatic heterocycles. The van der Waals surface area contributed by atoms with E-state index in [0.29, 0.717) is 5.15 Å². The maximum atomic E-state index is 5.93. The molecule has 2 aromatic rings. The van der Waals surface area contributed by atoms with Gasteiger partial charge in [-0.25, -0.2) is 9.97 Å². The molecule has 17 heavy (non-hydrogen) atoms. The molecular weight excluding hydrogens is 232 g/mol. The second-order valence-corrected chi connectivity index (χ2v) is 4.81. The zero-order valence-corrected chi connectivity index (χ0v) is 11.0. The van der Waals surface area contributed by atoms with Crippen LogP contribution in [0.1, 0.15) is 28.2 Å². The summed E-state index contributed by atoms with van der Waals surface area (Å²) in [6.07, 6.45) is 0.726. The monoisotopic (exact) mass is 246 g/mol. The molecule has 3 heteroatoms. The molecule has 2 nitrogen and oxygen atoms in total. The minimum absolute atomic E-state index is 0.511. The van der Waals surface area contributed by atoms with Gasteiger partial charge >= 0.3 is 0 Å². The number of halogens is 1. The first-order valence-corrected chi connectivity index (χ1v) is 5.98. The lowest BCUT2D eigenvalue weighted by Gasteiger charge is -2.05. The first kappa shape index (κ1) is 12.1. The van der Waals surface area contributed by atoms with Crippen LogP contribution in [0.25, 0.3) is 0 Å². The number of hydrogen-bond acceptors (Lipinski definition) is 2. The molecule has 0 aliphatic heterocycles. The highest BCUT2D eigenvalue weighted by molar-refractivity contribution is 6.29. The standard InChI is InChI=1S/C14H15ClN2/c1-9-4-10(2)6-12(5-9)8-14-16-11(3)7-13(15)17-14/h4-7H,8H2,1-3H3. The van der Waals surface area contributed by atoms with Crippen molar-refractivity contribution in [1.82, 2.24) is 9.97 Å². The Labute approximate surface area is 107 Å². The van der Waals surface area contributed by atoms with Crippen molar-refractivity contribution in [3.63, 3.8) is 0 Å². The third-order valence-electron chi connectivity index (χ3n) is 2.51. The maximum Gasteiger partial charge on any atom is 0.134 e. The van der Waals surface area contributed by atoms with Crippen molar-refractivity contribution in [3.05, 3.63) is 57.6 Å². The average molecular weight is 247 g/mol. The minimum atomic E-state index is 0.511. The molecule has 0 amide bonds. The van der Waals surface area contributed by atoms with Gasteiger partial charge in [-0.2, -0.15) is 0 Å². The van der Waals surface area contributed by atoms with Crippen LogP contribution >= 0.6 is 11.6 Å². The summed E-state index contributed by atoms with van der Waals surface area (Å²) in [6, 6.07) is 8.25. The van der Waals surface area contributed by atoms with Crippen LogP contribution in [-0.2, 0) is 6.42 Å². The van der Waals surface area contributed by atoms with Gasteiger partial charge in [-0.1, -0.05) is 40.9 Å². The quantitative estimate of drug-likeness (QED) is 0.756. The molecule has 0 N–H and O–H groups in total. The summed E-state index contributed by atoms with van der Waals surface area (Å²) >= 11 is 5.93. The second-order valence-electron chi connectivity index (χ2n) is 4.42. The molecule has 88 valence electrons. The number of benzene rings is 1. The Morgan fingerprint density at radius 3 is 2.18 bits per heavy atom. The molecule has 0 atom stereocenters. The Hall–Kier alpha value is -1.41. The van der Waals surface area contributed by atoms with E-state index in [0.717, 1.165) is 17.9 Å². The van der Waals surface area contributed by atoms with Gasteiger partial charge in [-0.3, -0.25) is 0 Å². The molecule has 0 radical (unpaired) electrons. The number of aryl methyl sites for hydroxylation is 3. The summed E-state index contributed by atoms with van der Waals surface area (Å²) in [5, 5.41) is 0.511. The van der Waals surface area contributed by atoms with Gasteiger partial charge in [0.2, 0.25) is 0 Å². The smallest absolute Gasteiger partial charge is 0.134 e. The number of rotatable bonds is 2. The summed E-state index contributed by atoms with van der Waals surface area (Å²) in [6.45, 7) is 6.12. The fraction of sp³-hybridized carbons (Fsp3) is 0.286. The van der Waals surface area contributed by atoms with E-state index in [1.165, 1.54) is 16.7 Å². The fourth-order valence-corrected chi connectivity index (χ4v) is 2.28. The van der Waals surface area contributed by atoms with E-state index >= 15 is 0 Å². The number of aromatic nitrogens is 2. The Kier molecular flexibility index (Phi) is 3.43. The van der Waals surface area contributed by atoms with Crippen LogP contribution in [0.2, 0.25) is 5.15 Å². The van der Waals surface area contributed by atoms with Crippen LogP contribution in [0.15, 0.2) is 24.3 Å². The largest absolute Gasteiger partial charge is 0.238 e. The third-order valence-corrected chi connectivity index (χ3v) is 2.71. The molecule has 0 saturated heterocycles. The predicted octanol–water partition coefficient (Wildman–Crippen LogP) is 3.65. The van der Waals surface area contributed by atoms with E-state index in [4.69, 9.17) is 11.6 Å². The summed E-state index contributed by atoms with van der Waals surface area (Å²) in [5.74, 6) is 0.778. The highest BCUT2D eigenvalue weighted by Gasteiger charge is 2.03. The third kappa shape index (κ3) is 3.27. The Morgan fingerprint density at radius 1 is 0.941 bits per heavy atom. The summed E-state index contributed by atoms with van der Waals surface area (Å²) in [7, 11) is 0. The molecule has 0 bridgehead atoms. The van der Waals surface area contributed by atoms with E-state index in [1.807, 2.05) is 6.92 Å². The number of hydrogen-bond donors (Lipinski definition) is 0. The van der Waals surface area contributed by atoms with E-state index in [-0.39, 0.29) is 0 Å². The molecule has 0 unspecified atom stereocenters. The van der Waals surface area contributed by atoms with E-state index in [1.54, 1.807) is 6.07 Å². The lowest BCUT2D eigenvalue weighted by molar-refractivity contribution is 0.940. The van der Waals surface area contributed by atoms with Gasteiger partial charge in [-0.05, 0) is 32.4 Å². The molecule has 0 saturated carbocycles. The zero-order chi connectivity index (χ0) is 12.4. The van der Waals surface area contributed by atoms with E-state index in [2.05, 4.69) is 42.0 Å². The van der Waals surface area contributed by atoms with E-state index in [9.17, 15) is 0 Å². The predicted molar refractivity (Wildman–Crippen MR) is 70.5 cm³/mol.